The Morgan fingerprint density at radius 3 is 2.91 bits per heavy atom. The van der Waals surface area contributed by atoms with Gasteiger partial charge in [0.25, 0.3) is 0 Å². The first-order valence-electron chi connectivity index (χ1n) is 7.73. The van der Waals surface area contributed by atoms with Gasteiger partial charge in [0.15, 0.2) is 11.5 Å². The van der Waals surface area contributed by atoms with E-state index in [1.54, 1.807) is 13.3 Å². The lowest BCUT2D eigenvalue weighted by Crippen LogP contribution is -2.37. The third-order valence-electron chi connectivity index (χ3n) is 3.88. The van der Waals surface area contributed by atoms with Gasteiger partial charge in [0.1, 0.15) is 5.52 Å². The Labute approximate surface area is 130 Å². The van der Waals surface area contributed by atoms with Crippen LogP contribution in [0.2, 0.25) is 0 Å². The molecule has 0 saturated carbocycles. The standard InChI is InChI=1S/C17H22N2O3/c1-20-17-15(6-5-14-4-2-7-18-16(14)17)22-11-3-8-19-9-12-21-13-10-19/h2,4-7H,3,8-13H2,1H3. The normalized spacial score (nSPS) is 15.9. The summed E-state index contributed by atoms with van der Waals surface area (Å²) in [5, 5.41) is 1.06. The zero-order valence-corrected chi connectivity index (χ0v) is 13.0. The van der Waals surface area contributed by atoms with Gasteiger partial charge in [-0.15, -0.1) is 0 Å². The number of nitrogens with zero attached hydrogens (tertiary/aromatic N) is 2. The minimum atomic E-state index is 0.673. The van der Waals surface area contributed by atoms with Gasteiger partial charge in [0.05, 0.1) is 26.9 Å². The first kappa shape index (κ1) is 15.1. The maximum Gasteiger partial charge on any atom is 0.187 e. The van der Waals surface area contributed by atoms with E-state index >= 15 is 0 Å². The van der Waals surface area contributed by atoms with Crippen molar-refractivity contribution in [1.29, 1.82) is 0 Å². The Morgan fingerprint density at radius 2 is 2.09 bits per heavy atom. The molecule has 0 aliphatic carbocycles. The summed E-state index contributed by atoms with van der Waals surface area (Å²) in [6.07, 6.45) is 2.76. The summed E-state index contributed by atoms with van der Waals surface area (Å²) in [6, 6.07) is 7.91. The molecule has 0 atom stereocenters. The smallest absolute Gasteiger partial charge is 0.187 e. The maximum atomic E-state index is 5.90. The van der Waals surface area contributed by atoms with E-state index in [2.05, 4.69) is 9.88 Å². The molecule has 0 unspecified atom stereocenters. The van der Waals surface area contributed by atoms with Crippen molar-refractivity contribution < 1.29 is 14.2 Å². The van der Waals surface area contributed by atoms with Crippen LogP contribution >= 0.6 is 0 Å². The van der Waals surface area contributed by atoms with Crippen LogP contribution in [0.3, 0.4) is 0 Å². The van der Waals surface area contributed by atoms with Crippen LogP contribution in [0.5, 0.6) is 11.5 Å². The van der Waals surface area contributed by atoms with E-state index in [0.717, 1.165) is 55.9 Å². The molecule has 118 valence electrons. The molecule has 2 heterocycles. The number of hydrogen-bond acceptors (Lipinski definition) is 5. The second-order valence-electron chi connectivity index (χ2n) is 5.33. The number of hydrogen-bond donors (Lipinski definition) is 0. The maximum absolute atomic E-state index is 5.90. The molecule has 0 bridgehead atoms. The van der Waals surface area contributed by atoms with E-state index in [0.29, 0.717) is 12.4 Å². The number of methoxy groups -OCH3 is 1. The molecule has 1 aromatic heterocycles. The largest absolute Gasteiger partial charge is 0.491 e. The molecule has 0 radical (unpaired) electrons. The average molecular weight is 302 g/mol. The van der Waals surface area contributed by atoms with Gasteiger partial charge in [-0.3, -0.25) is 9.88 Å². The van der Waals surface area contributed by atoms with Gasteiger partial charge in [-0.2, -0.15) is 0 Å². The highest BCUT2D eigenvalue weighted by Gasteiger charge is 2.12. The fourth-order valence-electron chi connectivity index (χ4n) is 2.71. The van der Waals surface area contributed by atoms with Crippen LogP contribution in [-0.4, -0.2) is 56.4 Å². The molecule has 5 heteroatoms. The van der Waals surface area contributed by atoms with Crippen molar-refractivity contribution in [3.8, 4) is 11.5 Å². The lowest BCUT2D eigenvalue weighted by molar-refractivity contribution is 0.0357. The van der Waals surface area contributed by atoms with Crippen molar-refractivity contribution in [3.63, 3.8) is 0 Å². The number of fused-ring (bicyclic) bond motifs is 1. The first-order valence-corrected chi connectivity index (χ1v) is 7.73. The summed E-state index contributed by atoms with van der Waals surface area (Å²) >= 11 is 0. The molecule has 0 N–H and O–H groups in total. The molecule has 0 spiro atoms. The van der Waals surface area contributed by atoms with Crippen molar-refractivity contribution >= 4 is 10.9 Å². The number of rotatable bonds is 6. The minimum Gasteiger partial charge on any atom is -0.491 e. The molecule has 1 aliphatic rings. The SMILES string of the molecule is COc1c(OCCCN2CCOCC2)ccc2cccnc12. The van der Waals surface area contributed by atoms with Crippen LogP contribution in [-0.2, 0) is 4.74 Å². The van der Waals surface area contributed by atoms with Crippen molar-refractivity contribution in [2.24, 2.45) is 0 Å². The molecular formula is C17H22N2O3. The minimum absolute atomic E-state index is 0.673. The van der Waals surface area contributed by atoms with Gasteiger partial charge in [0.2, 0.25) is 0 Å². The number of aromatic nitrogens is 1. The first-order chi connectivity index (χ1) is 10.9. The molecule has 3 rings (SSSR count). The van der Waals surface area contributed by atoms with E-state index in [1.165, 1.54) is 0 Å². The molecule has 2 aromatic rings. The summed E-state index contributed by atoms with van der Waals surface area (Å²) in [7, 11) is 1.66. The van der Waals surface area contributed by atoms with Crippen LogP contribution < -0.4 is 9.47 Å². The summed E-state index contributed by atoms with van der Waals surface area (Å²) in [5.74, 6) is 1.47. The summed E-state index contributed by atoms with van der Waals surface area (Å²) in [4.78, 5) is 6.80. The van der Waals surface area contributed by atoms with Gasteiger partial charge < -0.3 is 14.2 Å². The van der Waals surface area contributed by atoms with Gasteiger partial charge in [-0.1, -0.05) is 6.07 Å². The lowest BCUT2D eigenvalue weighted by atomic mass is 10.2. The van der Waals surface area contributed by atoms with E-state index in [4.69, 9.17) is 14.2 Å². The molecule has 5 nitrogen and oxygen atoms in total. The Balaban J connectivity index is 1.59. The number of ether oxygens (including phenoxy) is 3. The number of morpholine rings is 1. The third-order valence-corrected chi connectivity index (χ3v) is 3.88. The Hall–Kier alpha value is -1.85. The Morgan fingerprint density at radius 1 is 1.23 bits per heavy atom. The zero-order chi connectivity index (χ0) is 15.2. The molecule has 1 saturated heterocycles. The highest BCUT2D eigenvalue weighted by Crippen LogP contribution is 2.33. The van der Waals surface area contributed by atoms with Crippen LogP contribution in [0.25, 0.3) is 10.9 Å². The van der Waals surface area contributed by atoms with Crippen LogP contribution in [0.1, 0.15) is 6.42 Å². The van der Waals surface area contributed by atoms with Crippen molar-refractivity contribution in [2.45, 2.75) is 6.42 Å². The van der Waals surface area contributed by atoms with Gasteiger partial charge in [-0.25, -0.2) is 0 Å². The molecule has 1 aliphatic heterocycles. The summed E-state index contributed by atoms with van der Waals surface area (Å²) < 4.78 is 16.7. The molecule has 0 amide bonds. The van der Waals surface area contributed by atoms with E-state index < -0.39 is 0 Å². The van der Waals surface area contributed by atoms with E-state index in [1.807, 2.05) is 24.3 Å². The second kappa shape index (κ2) is 7.42. The van der Waals surface area contributed by atoms with E-state index in [9.17, 15) is 0 Å². The highest BCUT2D eigenvalue weighted by molar-refractivity contribution is 5.86. The van der Waals surface area contributed by atoms with Crippen LogP contribution in [0.4, 0.5) is 0 Å². The topological polar surface area (TPSA) is 43.8 Å². The monoisotopic (exact) mass is 302 g/mol. The molecule has 1 aromatic carbocycles. The summed E-state index contributed by atoms with van der Waals surface area (Å²) in [5.41, 5.74) is 0.843. The predicted octanol–water partition coefficient (Wildman–Crippen LogP) is 2.34. The fraction of sp³-hybridized carbons (Fsp3) is 0.471. The lowest BCUT2D eigenvalue weighted by Gasteiger charge is -2.26. The highest BCUT2D eigenvalue weighted by atomic mass is 16.5. The quantitative estimate of drug-likeness (QED) is 0.766. The summed E-state index contributed by atoms with van der Waals surface area (Å²) in [6.45, 7) is 5.42. The predicted molar refractivity (Wildman–Crippen MR) is 85.7 cm³/mol. The van der Waals surface area contributed by atoms with E-state index in [-0.39, 0.29) is 0 Å². The number of pyridine rings is 1. The van der Waals surface area contributed by atoms with Crippen molar-refractivity contribution in [1.82, 2.24) is 9.88 Å². The Kier molecular flexibility index (Phi) is 5.08. The molecule has 22 heavy (non-hydrogen) atoms. The van der Waals surface area contributed by atoms with Gasteiger partial charge in [-0.05, 0) is 24.6 Å². The zero-order valence-electron chi connectivity index (χ0n) is 13.0. The molecular weight excluding hydrogens is 280 g/mol. The van der Waals surface area contributed by atoms with Crippen LogP contribution in [0, 0.1) is 0 Å². The van der Waals surface area contributed by atoms with Gasteiger partial charge >= 0.3 is 0 Å². The molecule has 1 fully saturated rings. The van der Waals surface area contributed by atoms with Crippen molar-refractivity contribution in [3.05, 3.63) is 30.5 Å². The van der Waals surface area contributed by atoms with Gasteiger partial charge in [0, 0.05) is 31.2 Å². The fourth-order valence-corrected chi connectivity index (χ4v) is 2.71. The van der Waals surface area contributed by atoms with Crippen LogP contribution in [0.15, 0.2) is 30.5 Å². The van der Waals surface area contributed by atoms with Crippen molar-refractivity contribution in [2.75, 3.05) is 46.6 Å². The second-order valence-corrected chi connectivity index (χ2v) is 5.33. The average Bonchev–Trinajstić information content (AvgIpc) is 2.59. The number of benzene rings is 1. The Bertz CT molecular complexity index is 612. The third kappa shape index (κ3) is 3.48.